The predicted octanol–water partition coefficient (Wildman–Crippen LogP) is 2.24. The van der Waals surface area contributed by atoms with E-state index in [9.17, 15) is 14.4 Å². The molecule has 35 heavy (non-hydrogen) atoms. The van der Waals surface area contributed by atoms with Crippen LogP contribution in [-0.4, -0.2) is 56.2 Å². The highest BCUT2D eigenvalue weighted by Gasteiger charge is 2.29. The van der Waals surface area contributed by atoms with Gasteiger partial charge in [0, 0.05) is 48.1 Å². The number of fused-ring (bicyclic) bond motifs is 1. The molecule has 1 saturated heterocycles. The van der Waals surface area contributed by atoms with Gasteiger partial charge in [-0.1, -0.05) is 11.6 Å². The number of likely N-dealkylation sites (tertiary alicyclic amines) is 1. The second-order valence-electron chi connectivity index (χ2n) is 9.58. The van der Waals surface area contributed by atoms with Gasteiger partial charge in [-0.05, 0) is 44.1 Å². The minimum Gasteiger partial charge on any atom is -0.308 e. The van der Waals surface area contributed by atoms with Crippen LogP contribution in [0.4, 0.5) is 0 Å². The lowest BCUT2D eigenvalue weighted by atomic mass is 10.0. The van der Waals surface area contributed by atoms with Crippen molar-refractivity contribution in [3.05, 3.63) is 67.4 Å². The van der Waals surface area contributed by atoms with Crippen molar-refractivity contribution in [1.82, 2.24) is 24.3 Å². The van der Waals surface area contributed by atoms with E-state index in [2.05, 4.69) is 15.2 Å². The highest BCUT2D eigenvalue weighted by atomic mass is 35.5. The van der Waals surface area contributed by atoms with E-state index in [1.807, 2.05) is 6.07 Å². The number of aromatic nitrogens is 3. The van der Waals surface area contributed by atoms with Gasteiger partial charge in [-0.25, -0.2) is 0 Å². The Labute approximate surface area is 211 Å². The number of pyridine rings is 3. The number of nitrogens with zero attached hydrogens (tertiary/aromatic N) is 4. The molecule has 1 fully saturated rings. The number of thioether (sulfide) groups is 1. The van der Waals surface area contributed by atoms with Crippen molar-refractivity contribution in [2.24, 2.45) is 0 Å². The van der Waals surface area contributed by atoms with Crippen LogP contribution in [0, 0.1) is 0 Å². The molecular formula is C25H26ClN5O3S. The molecule has 10 heteroatoms. The van der Waals surface area contributed by atoms with Gasteiger partial charge in [0.05, 0.1) is 34.6 Å². The molecule has 0 amide bonds. The maximum Gasteiger partial charge on any atom is 0.252 e. The third-order valence-corrected chi connectivity index (χ3v) is 8.73. The van der Waals surface area contributed by atoms with E-state index in [0.717, 1.165) is 59.8 Å². The van der Waals surface area contributed by atoms with E-state index >= 15 is 0 Å². The molecule has 6 rings (SSSR count). The highest BCUT2D eigenvalue weighted by Crippen LogP contribution is 2.31. The van der Waals surface area contributed by atoms with E-state index < -0.39 is 0 Å². The lowest BCUT2D eigenvalue weighted by molar-refractivity contribution is -0.116. The number of ketones is 1. The molecule has 1 atom stereocenters. The largest absolute Gasteiger partial charge is 0.308 e. The molecule has 0 aliphatic carbocycles. The molecule has 3 aromatic heterocycles. The summed E-state index contributed by atoms with van der Waals surface area (Å²) < 4.78 is 3.53. The smallest absolute Gasteiger partial charge is 0.252 e. The Morgan fingerprint density at radius 1 is 1.09 bits per heavy atom. The van der Waals surface area contributed by atoms with Crippen molar-refractivity contribution in [3.63, 3.8) is 0 Å². The summed E-state index contributed by atoms with van der Waals surface area (Å²) in [6, 6.07) is 9.02. The normalized spacial score (nSPS) is 20.5. The zero-order chi connectivity index (χ0) is 24.1. The first-order valence-corrected chi connectivity index (χ1v) is 13.4. The van der Waals surface area contributed by atoms with Gasteiger partial charge in [-0.3, -0.25) is 28.5 Å². The summed E-state index contributed by atoms with van der Waals surface area (Å²) in [7, 11) is 0. The summed E-state index contributed by atoms with van der Waals surface area (Å²) in [4.78, 5) is 44.9. The van der Waals surface area contributed by atoms with E-state index in [1.54, 1.807) is 33.4 Å². The van der Waals surface area contributed by atoms with Crippen LogP contribution in [0.5, 0.6) is 0 Å². The predicted molar refractivity (Wildman–Crippen MR) is 136 cm³/mol. The molecule has 0 aromatic carbocycles. The second kappa shape index (κ2) is 9.20. The number of nitrogens with one attached hydrogen (secondary N) is 1. The van der Waals surface area contributed by atoms with Crippen LogP contribution in [0.1, 0.15) is 30.3 Å². The van der Waals surface area contributed by atoms with Crippen LogP contribution in [0.15, 0.2) is 44.8 Å². The van der Waals surface area contributed by atoms with E-state index in [1.165, 1.54) is 11.8 Å². The molecule has 8 nitrogen and oxygen atoms in total. The molecule has 3 aliphatic rings. The van der Waals surface area contributed by atoms with Crippen LogP contribution in [0.2, 0.25) is 5.02 Å². The van der Waals surface area contributed by atoms with Crippen LogP contribution >= 0.6 is 23.4 Å². The lowest BCUT2D eigenvalue weighted by Crippen LogP contribution is -2.44. The van der Waals surface area contributed by atoms with Crippen LogP contribution in [-0.2, 0) is 24.3 Å². The van der Waals surface area contributed by atoms with E-state index in [0.29, 0.717) is 36.3 Å². The number of hydrogen-bond acceptors (Lipinski definition) is 7. The summed E-state index contributed by atoms with van der Waals surface area (Å²) in [6.45, 7) is 3.70. The molecule has 6 heterocycles. The number of piperidine rings is 1. The molecule has 3 aliphatic heterocycles. The average Bonchev–Trinajstić information content (AvgIpc) is 3.24. The maximum absolute atomic E-state index is 12.7. The van der Waals surface area contributed by atoms with Gasteiger partial charge in [-0.15, -0.1) is 11.8 Å². The van der Waals surface area contributed by atoms with Crippen molar-refractivity contribution < 1.29 is 4.79 Å². The standard InChI is InChI=1S/C25H26ClN5O3S/c26-19-10-22-20(9-18(32)14-35-22)28-21(19)11-27-16-5-7-29(8-6-16)12-17-13-30-23(33)3-1-15-2-4-24(34)31(17)25(15)30/h1-4,10,16-17,27H,5-9,11-14H2/t17-/m1/s1. The Hall–Kier alpha value is -2.46. The maximum atomic E-state index is 12.7. The van der Waals surface area contributed by atoms with E-state index in [4.69, 9.17) is 11.6 Å². The zero-order valence-electron chi connectivity index (χ0n) is 19.2. The molecular weight excluding hydrogens is 486 g/mol. The third kappa shape index (κ3) is 4.35. The number of halogens is 1. The number of hydrogen-bond donors (Lipinski definition) is 1. The molecule has 0 radical (unpaired) electrons. The second-order valence-corrected chi connectivity index (χ2v) is 11.0. The fourth-order valence-corrected chi connectivity index (χ4v) is 6.66. The molecule has 1 N–H and O–H groups in total. The topological polar surface area (TPSA) is 89.2 Å². The van der Waals surface area contributed by atoms with Crippen molar-refractivity contribution in [1.29, 1.82) is 0 Å². The Morgan fingerprint density at radius 3 is 2.66 bits per heavy atom. The fourth-order valence-electron chi connectivity index (χ4n) is 5.48. The summed E-state index contributed by atoms with van der Waals surface area (Å²) in [6.07, 6.45) is 2.35. The van der Waals surface area contributed by atoms with Crippen LogP contribution in [0.25, 0.3) is 11.0 Å². The van der Waals surface area contributed by atoms with Crippen molar-refractivity contribution in [2.75, 3.05) is 25.4 Å². The first-order valence-electron chi connectivity index (χ1n) is 12.0. The Kier molecular flexibility index (Phi) is 6.04. The summed E-state index contributed by atoms with van der Waals surface area (Å²) >= 11 is 7.98. The average molecular weight is 512 g/mol. The molecule has 3 aromatic rings. The Morgan fingerprint density at radius 2 is 1.86 bits per heavy atom. The van der Waals surface area contributed by atoms with Gasteiger partial charge in [0.15, 0.2) is 0 Å². The summed E-state index contributed by atoms with van der Waals surface area (Å²) in [5.74, 6) is 0.701. The van der Waals surface area contributed by atoms with Crippen molar-refractivity contribution >= 4 is 40.2 Å². The van der Waals surface area contributed by atoms with Crippen LogP contribution < -0.4 is 16.4 Å². The lowest BCUT2D eigenvalue weighted by Gasteiger charge is -2.34. The number of carbonyl (C=O) groups is 1. The minimum absolute atomic E-state index is 0.0371. The molecule has 0 bridgehead atoms. The molecule has 0 unspecified atom stereocenters. The SMILES string of the molecule is O=C1CSc2cc(Cl)c(CNC3CCN(C[C@@H]4Cn5c(=O)ccc6ccc(=O)n4c65)CC3)nc2C1. The highest BCUT2D eigenvalue weighted by molar-refractivity contribution is 8.00. The van der Waals surface area contributed by atoms with Gasteiger partial charge in [0.25, 0.3) is 11.1 Å². The zero-order valence-corrected chi connectivity index (χ0v) is 20.8. The number of rotatable bonds is 5. The van der Waals surface area contributed by atoms with Gasteiger partial charge < -0.3 is 10.2 Å². The number of carbonyl (C=O) groups excluding carboxylic acids is 1. The Balaban J connectivity index is 1.07. The van der Waals surface area contributed by atoms with Gasteiger partial charge in [0.1, 0.15) is 11.4 Å². The van der Waals surface area contributed by atoms with Crippen molar-refractivity contribution in [3.8, 4) is 0 Å². The summed E-state index contributed by atoms with van der Waals surface area (Å²) in [5.41, 5.74) is 2.26. The minimum atomic E-state index is -0.0559. The van der Waals surface area contributed by atoms with Crippen molar-refractivity contribution in [2.45, 2.75) is 49.3 Å². The first kappa shape index (κ1) is 23.0. The van der Waals surface area contributed by atoms with Crippen LogP contribution in [0.3, 0.4) is 0 Å². The monoisotopic (exact) mass is 511 g/mol. The van der Waals surface area contributed by atoms with E-state index in [-0.39, 0.29) is 22.9 Å². The fraction of sp³-hybridized carbons (Fsp3) is 0.440. The van der Waals surface area contributed by atoms with Gasteiger partial charge in [0.2, 0.25) is 0 Å². The quantitative estimate of drug-likeness (QED) is 0.562. The van der Waals surface area contributed by atoms with Gasteiger partial charge >= 0.3 is 0 Å². The molecule has 0 saturated carbocycles. The number of Topliss-reactive ketones (excluding diaryl/α,β-unsaturated/α-hetero) is 1. The third-order valence-electron chi connectivity index (χ3n) is 7.27. The first-order chi connectivity index (χ1) is 17.0. The molecule has 182 valence electrons. The summed E-state index contributed by atoms with van der Waals surface area (Å²) in [5, 5.41) is 5.16. The Bertz CT molecular complexity index is 1440. The molecule has 0 spiro atoms. The van der Waals surface area contributed by atoms with Gasteiger partial charge in [-0.2, -0.15) is 0 Å².